The molecule has 2 N–H and O–H groups in total. The number of pyridine rings is 2. The first-order valence-corrected chi connectivity index (χ1v) is 11.6. The SMILES string of the molecule is C1=Cc2cc3ccc(cc4nc(cc5ccc(cc1n2)[nH]5)C=C4)[nH]3.[Fe].c1ccc(-c2ccccn2)nc1. The predicted molar refractivity (Wildman–Crippen MR) is 146 cm³/mol. The van der Waals surface area contributed by atoms with Crippen LogP contribution < -0.4 is 0 Å². The summed E-state index contributed by atoms with van der Waals surface area (Å²) in [5.41, 5.74) is 9.69. The quantitative estimate of drug-likeness (QED) is 0.233. The standard InChI is InChI=1S/C20H14N4.C10H8N2.Fe/c1-2-14-10-16-5-6-18(23-16)12-20-8-7-19(24-20)11-17-4-3-15(22-17)9-13(1)21-14;1-3-7-11-9(5-1)10-6-2-4-8-12-10;/h1-12,21,24H;1-8H;. The van der Waals surface area contributed by atoms with Crippen LogP contribution in [0.2, 0.25) is 0 Å². The number of hydrogen-bond donors (Lipinski definition) is 2. The minimum atomic E-state index is 0. The first-order valence-electron chi connectivity index (χ1n) is 11.6. The summed E-state index contributed by atoms with van der Waals surface area (Å²) in [4.78, 5) is 24.4. The molecular weight excluding hydrogens is 500 g/mol. The normalized spacial score (nSPS) is 11.4. The molecule has 0 atom stereocenters. The number of aromatic nitrogens is 6. The fraction of sp³-hybridized carbons (Fsp3) is 0. The molecule has 8 bridgehead atoms. The minimum Gasteiger partial charge on any atom is -0.355 e. The van der Waals surface area contributed by atoms with Crippen molar-refractivity contribution in [2.75, 3.05) is 0 Å². The van der Waals surface area contributed by atoms with Gasteiger partial charge >= 0.3 is 0 Å². The third-order valence-corrected chi connectivity index (χ3v) is 5.63. The molecule has 0 fully saturated rings. The van der Waals surface area contributed by atoms with E-state index in [9.17, 15) is 0 Å². The van der Waals surface area contributed by atoms with Crippen LogP contribution in [0.4, 0.5) is 0 Å². The van der Waals surface area contributed by atoms with Gasteiger partial charge in [-0.1, -0.05) is 12.1 Å². The van der Waals surface area contributed by atoms with Gasteiger partial charge in [-0.2, -0.15) is 0 Å². The van der Waals surface area contributed by atoms with Gasteiger partial charge in [-0.3, -0.25) is 9.97 Å². The van der Waals surface area contributed by atoms with Gasteiger partial charge in [0.05, 0.1) is 34.2 Å². The zero-order chi connectivity index (χ0) is 24.2. The molecule has 2 aliphatic heterocycles. The topological polar surface area (TPSA) is 83.1 Å². The monoisotopic (exact) mass is 522 g/mol. The Hall–Kier alpha value is -4.58. The number of nitrogens with zero attached hydrogens (tertiary/aromatic N) is 4. The molecule has 7 rings (SSSR count). The van der Waals surface area contributed by atoms with Crippen LogP contribution in [0, 0.1) is 0 Å². The molecule has 0 amide bonds. The van der Waals surface area contributed by atoms with Gasteiger partial charge < -0.3 is 9.97 Å². The van der Waals surface area contributed by atoms with Crippen molar-refractivity contribution in [3.63, 3.8) is 0 Å². The van der Waals surface area contributed by atoms with Crippen molar-refractivity contribution >= 4 is 46.4 Å². The van der Waals surface area contributed by atoms with Crippen molar-refractivity contribution in [3.05, 3.63) is 120 Å². The third-order valence-electron chi connectivity index (χ3n) is 5.63. The summed E-state index contributed by atoms with van der Waals surface area (Å²) in [5, 5.41) is 0. The van der Waals surface area contributed by atoms with Crippen molar-refractivity contribution in [1.29, 1.82) is 0 Å². The fourth-order valence-corrected chi connectivity index (χ4v) is 3.97. The van der Waals surface area contributed by atoms with Crippen LogP contribution in [0.3, 0.4) is 0 Å². The van der Waals surface area contributed by atoms with Crippen LogP contribution >= 0.6 is 0 Å². The molecule has 7 heterocycles. The van der Waals surface area contributed by atoms with E-state index in [1.54, 1.807) is 12.4 Å². The summed E-state index contributed by atoms with van der Waals surface area (Å²) in [7, 11) is 0. The Kier molecular flexibility index (Phi) is 7.17. The maximum Gasteiger partial charge on any atom is 0.0886 e. The smallest absolute Gasteiger partial charge is 0.0886 e. The van der Waals surface area contributed by atoms with Gasteiger partial charge in [0.1, 0.15) is 0 Å². The molecule has 2 aliphatic rings. The summed E-state index contributed by atoms with van der Waals surface area (Å²) >= 11 is 0. The van der Waals surface area contributed by atoms with Gasteiger partial charge in [-0.15, -0.1) is 0 Å². The van der Waals surface area contributed by atoms with E-state index in [4.69, 9.17) is 0 Å². The largest absolute Gasteiger partial charge is 0.355 e. The van der Waals surface area contributed by atoms with Crippen LogP contribution in [0.15, 0.2) is 97.3 Å². The predicted octanol–water partition coefficient (Wildman–Crippen LogP) is 6.80. The Morgan fingerprint density at radius 1 is 0.432 bits per heavy atom. The van der Waals surface area contributed by atoms with E-state index < -0.39 is 0 Å². The van der Waals surface area contributed by atoms with Crippen molar-refractivity contribution in [2.24, 2.45) is 0 Å². The minimum absolute atomic E-state index is 0. The summed E-state index contributed by atoms with van der Waals surface area (Å²) < 4.78 is 0. The van der Waals surface area contributed by atoms with Gasteiger partial charge in [-0.25, -0.2) is 9.97 Å². The summed E-state index contributed by atoms with van der Waals surface area (Å²) in [6.45, 7) is 0. The van der Waals surface area contributed by atoms with E-state index in [0.717, 1.165) is 56.2 Å². The maximum atomic E-state index is 4.63. The van der Waals surface area contributed by atoms with Crippen LogP contribution in [-0.4, -0.2) is 29.9 Å². The van der Waals surface area contributed by atoms with E-state index in [1.165, 1.54) is 0 Å². The van der Waals surface area contributed by atoms with Crippen molar-refractivity contribution < 1.29 is 17.1 Å². The number of aromatic amines is 2. The third kappa shape index (κ3) is 5.98. The van der Waals surface area contributed by atoms with E-state index in [2.05, 4.69) is 54.2 Å². The fourth-order valence-electron chi connectivity index (χ4n) is 3.97. The molecular formula is C30H22FeN6. The molecule has 0 unspecified atom stereocenters. The molecule has 0 spiro atoms. The van der Waals surface area contributed by atoms with Gasteiger partial charge in [0, 0.05) is 51.5 Å². The second kappa shape index (κ2) is 11.0. The van der Waals surface area contributed by atoms with E-state index in [0.29, 0.717) is 0 Å². The summed E-state index contributed by atoms with van der Waals surface area (Å²) in [6, 6.07) is 28.0. The Labute approximate surface area is 224 Å². The summed E-state index contributed by atoms with van der Waals surface area (Å²) in [6.07, 6.45) is 11.6. The molecule has 0 aromatic carbocycles. The molecule has 37 heavy (non-hydrogen) atoms. The number of rotatable bonds is 1. The molecule has 7 heteroatoms. The Balaban J connectivity index is 0.000000183. The molecule has 5 aromatic heterocycles. The Bertz CT molecular complexity index is 1520. The van der Waals surface area contributed by atoms with Crippen LogP contribution in [0.1, 0.15) is 22.8 Å². The van der Waals surface area contributed by atoms with Crippen molar-refractivity contribution in [2.45, 2.75) is 0 Å². The van der Waals surface area contributed by atoms with Crippen LogP contribution in [-0.2, 0) is 17.1 Å². The van der Waals surface area contributed by atoms with Crippen LogP contribution in [0.5, 0.6) is 0 Å². The Morgan fingerprint density at radius 3 is 1.08 bits per heavy atom. The van der Waals surface area contributed by atoms with Crippen molar-refractivity contribution in [1.82, 2.24) is 29.9 Å². The second-order valence-corrected chi connectivity index (χ2v) is 8.34. The number of hydrogen-bond acceptors (Lipinski definition) is 4. The van der Waals surface area contributed by atoms with E-state index in [1.807, 2.05) is 85.0 Å². The zero-order valence-corrected chi connectivity index (χ0v) is 20.8. The molecule has 6 nitrogen and oxygen atoms in total. The first-order chi connectivity index (χ1) is 17.8. The van der Waals surface area contributed by atoms with Gasteiger partial charge in [0.15, 0.2) is 0 Å². The number of fused-ring (bicyclic) bond motifs is 8. The number of H-pyrrole nitrogens is 2. The molecule has 0 saturated heterocycles. The first kappa shape index (κ1) is 24.1. The second-order valence-electron chi connectivity index (χ2n) is 8.34. The Morgan fingerprint density at radius 2 is 0.784 bits per heavy atom. The average Bonchev–Trinajstić information content (AvgIpc) is 3.72. The zero-order valence-electron chi connectivity index (χ0n) is 19.7. The molecule has 5 aromatic rings. The van der Waals surface area contributed by atoms with Gasteiger partial charge in [0.25, 0.3) is 0 Å². The van der Waals surface area contributed by atoms with E-state index >= 15 is 0 Å². The number of nitrogens with one attached hydrogen (secondary N) is 2. The van der Waals surface area contributed by atoms with Gasteiger partial charge in [0.2, 0.25) is 0 Å². The molecule has 0 radical (unpaired) electrons. The summed E-state index contributed by atoms with van der Waals surface area (Å²) in [5.74, 6) is 0. The van der Waals surface area contributed by atoms with E-state index in [-0.39, 0.29) is 17.1 Å². The van der Waals surface area contributed by atoms with Crippen LogP contribution in [0.25, 0.3) is 57.8 Å². The maximum absolute atomic E-state index is 4.63. The molecule has 0 aliphatic carbocycles. The molecule has 0 saturated carbocycles. The molecule has 180 valence electrons. The van der Waals surface area contributed by atoms with Crippen molar-refractivity contribution in [3.8, 4) is 11.4 Å². The average molecular weight is 522 g/mol. The van der Waals surface area contributed by atoms with Gasteiger partial charge in [-0.05, 0) is 97.1 Å².